The maximum atomic E-state index is 9.07. The van der Waals surface area contributed by atoms with E-state index >= 15 is 0 Å². The minimum atomic E-state index is 0.206. The molecule has 1 saturated carbocycles. The smallest absolute Gasteiger partial charge is 0.181 e. The van der Waals surface area contributed by atoms with Gasteiger partial charge in [0.1, 0.15) is 12.0 Å². The summed E-state index contributed by atoms with van der Waals surface area (Å²) in [6, 6.07) is 1.81. The average molecular weight is 274 g/mol. The predicted octanol–water partition coefficient (Wildman–Crippen LogP) is 0.819. The van der Waals surface area contributed by atoms with Crippen LogP contribution in [0.3, 0.4) is 0 Å². The van der Waals surface area contributed by atoms with Crippen LogP contribution in [0.2, 0.25) is 0 Å². The van der Waals surface area contributed by atoms with Crippen molar-refractivity contribution in [3.63, 3.8) is 0 Å². The summed E-state index contributed by atoms with van der Waals surface area (Å²) in [5.41, 5.74) is 6.79. The molecule has 0 amide bonds. The van der Waals surface area contributed by atoms with E-state index in [1.54, 1.807) is 17.1 Å². The Hall–Kier alpha value is -2.15. The molecule has 3 rings (SSSR count). The Labute approximate surface area is 116 Å². The number of nitrogen functional groups attached to an aromatic ring is 1. The lowest BCUT2D eigenvalue weighted by Crippen LogP contribution is -2.19. The number of nitrogens with one attached hydrogen (secondary N) is 1. The number of rotatable bonds is 6. The van der Waals surface area contributed by atoms with Crippen molar-refractivity contribution in [2.24, 2.45) is 5.41 Å². The van der Waals surface area contributed by atoms with Crippen LogP contribution in [0.4, 0.5) is 11.5 Å². The van der Waals surface area contributed by atoms with Gasteiger partial charge in [0.25, 0.3) is 0 Å². The minimum Gasteiger partial charge on any atom is -0.396 e. The summed E-state index contributed by atoms with van der Waals surface area (Å²) in [4.78, 5) is 8.35. The molecule has 4 N–H and O–H groups in total. The molecule has 2 heterocycles. The summed E-state index contributed by atoms with van der Waals surface area (Å²) in [6.45, 7) is 0.993. The van der Waals surface area contributed by atoms with Gasteiger partial charge in [0.05, 0.1) is 0 Å². The van der Waals surface area contributed by atoms with Gasteiger partial charge < -0.3 is 16.2 Å². The van der Waals surface area contributed by atoms with E-state index in [0.29, 0.717) is 17.3 Å². The van der Waals surface area contributed by atoms with Gasteiger partial charge in [-0.15, -0.1) is 0 Å². The second kappa shape index (κ2) is 5.09. The molecule has 0 radical (unpaired) electrons. The zero-order valence-corrected chi connectivity index (χ0v) is 11.2. The van der Waals surface area contributed by atoms with Gasteiger partial charge in [-0.1, -0.05) is 0 Å². The minimum absolute atomic E-state index is 0.206. The molecule has 0 atom stereocenters. The fourth-order valence-corrected chi connectivity index (χ4v) is 2.30. The number of anilines is 2. The molecule has 0 aromatic carbocycles. The van der Waals surface area contributed by atoms with Crippen LogP contribution < -0.4 is 11.1 Å². The van der Waals surface area contributed by atoms with E-state index in [1.165, 1.54) is 6.33 Å². The molecule has 7 nitrogen and oxygen atoms in total. The van der Waals surface area contributed by atoms with Crippen molar-refractivity contribution < 1.29 is 5.11 Å². The van der Waals surface area contributed by atoms with E-state index in [-0.39, 0.29) is 12.0 Å². The number of aliphatic hydroxyl groups excluding tert-OH is 1. The molecule has 0 spiro atoms. The molecule has 2 aromatic heterocycles. The molecule has 0 aliphatic heterocycles. The van der Waals surface area contributed by atoms with Crippen LogP contribution in [0.5, 0.6) is 0 Å². The molecule has 1 aliphatic carbocycles. The van der Waals surface area contributed by atoms with E-state index in [4.69, 9.17) is 10.8 Å². The van der Waals surface area contributed by atoms with E-state index in [0.717, 1.165) is 25.8 Å². The molecule has 0 unspecified atom stereocenters. The van der Waals surface area contributed by atoms with E-state index in [2.05, 4.69) is 20.4 Å². The lowest BCUT2D eigenvalue weighted by Gasteiger charge is -2.16. The number of hydrogen-bond acceptors (Lipinski definition) is 6. The Morgan fingerprint density at radius 3 is 2.90 bits per heavy atom. The quantitative estimate of drug-likeness (QED) is 0.720. The molecule has 20 heavy (non-hydrogen) atoms. The molecule has 0 bridgehead atoms. The second-order valence-electron chi connectivity index (χ2n) is 5.24. The largest absolute Gasteiger partial charge is 0.396 e. The van der Waals surface area contributed by atoms with E-state index in [9.17, 15) is 0 Å². The Balaban J connectivity index is 1.76. The summed E-state index contributed by atoms with van der Waals surface area (Å²) >= 11 is 0. The second-order valence-corrected chi connectivity index (χ2v) is 5.24. The van der Waals surface area contributed by atoms with Crippen LogP contribution in [0.25, 0.3) is 5.82 Å². The fourth-order valence-electron chi connectivity index (χ4n) is 2.30. The first-order valence-electron chi connectivity index (χ1n) is 6.69. The summed E-state index contributed by atoms with van der Waals surface area (Å²) in [5, 5.41) is 16.5. The van der Waals surface area contributed by atoms with Crippen molar-refractivity contribution in [2.75, 3.05) is 24.2 Å². The van der Waals surface area contributed by atoms with E-state index < -0.39 is 0 Å². The van der Waals surface area contributed by atoms with Crippen LogP contribution in [0, 0.1) is 5.41 Å². The lowest BCUT2D eigenvalue weighted by atomic mass is 10.0. The third-order valence-electron chi connectivity index (χ3n) is 3.81. The zero-order valence-electron chi connectivity index (χ0n) is 11.2. The van der Waals surface area contributed by atoms with E-state index in [1.807, 2.05) is 6.07 Å². The van der Waals surface area contributed by atoms with Gasteiger partial charge in [0, 0.05) is 25.5 Å². The van der Waals surface area contributed by atoms with Gasteiger partial charge in [-0.2, -0.15) is 5.10 Å². The fraction of sp³-hybridized carbons (Fsp3) is 0.462. The molecular weight excluding hydrogens is 256 g/mol. The SMILES string of the molecule is Nc1c(NCC2(CCO)CC2)ncnc1-n1cccn1. The lowest BCUT2D eigenvalue weighted by molar-refractivity contribution is 0.253. The Morgan fingerprint density at radius 2 is 2.25 bits per heavy atom. The predicted molar refractivity (Wildman–Crippen MR) is 75.4 cm³/mol. The summed E-state index contributed by atoms with van der Waals surface area (Å²) in [5.74, 6) is 1.19. The van der Waals surface area contributed by atoms with Crippen LogP contribution in [0.15, 0.2) is 24.8 Å². The van der Waals surface area contributed by atoms with Crippen molar-refractivity contribution in [1.29, 1.82) is 0 Å². The van der Waals surface area contributed by atoms with Crippen LogP contribution in [-0.4, -0.2) is 38.0 Å². The average Bonchev–Trinajstić information content (AvgIpc) is 3.01. The third kappa shape index (κ3) is 2.44. The molecule has 0 saturated heterocycles. The molecule has 2 aromatic rings. The number of hydrogen-bond donors (Lipinski definition) is 3. The van der Waals surface area contributed by atoms with Crippen molar-refractivity contribution in [2.45, 2.75) is 19.3 Å². The molecule has 1 aliphatic rings. The molecule has 7 heteroatoms. The van der Waals surface area contributed by atoms with Crippen molar-refractivity contribution in [3.05, 3.63) is 24.8 Å². The van der Waals surface area contributed by atoms with Gasteiger partial charge in [0.15, 0.2) is 11.6 Å². The summed E-state index contributed by atoms with van der Waals surface area (Å²) < 4.78 is 1.61. The first-order chi connectivity index (χ1) is 9.74. The van der Waals surface area contributed by atoms with Gasteiger partial charge >= 0.3 is 0 Å². The van der Waals surface area contributed by atoms with Gasteiger partial charge in [-0.25, -0.2) is 14.6 Å². The number of aliphatic hydroxyl groups is 1. The van der Waals surface area contributed by atoms with Crippen LogP contribution in [-0.2, 0) is 0 Å². The first kappa shape index (κ1) is 12.9. The molecular formula is C13H18N6O. The van der Waals surface area contributed by atoms with Crippen LogP contribution >= 0.6 is 0 Å². The number of nitrogens with zero attached hydrogens (tertiary/aromatic N) is 4. The highest BCUT2D eigenvalue weighted by molar-refractivity contribution is 5.68. The van der Waals surface area contributed by atoms with Crippen molar-refractivity contribution in [3.8, 4) is 5.82 Å². The van der Waals surface area contributed by atoms with Gasteiger partial charge in [0.2, 0.25) is 0 Å². The molecule has 106 valence electrons. The van der Waals surface area contributed by atoms with Crippen molar-refractivity contribution in [1.82, 2.24) is 19.7 Å². The Morgan fingerprint density at radius 1 is 1.40 bits per heavy atom. The Kier molecular flexibility index (Phi) is 3.27. The maximum absolute atomic E-state index is 9.07. The third-order valence-corrected chi connectivity index (χ3v) is 3.81. The van der Waals surface area contributed by atoms with Gasteiger partial charge in [-0.05, 0) is 30.7 Å². The standard InChI is InChI=1S/C13H18N6O/c14-10-11(15-8-13(2-3-13)4-7-20)16-9-17-12(10)19-6-1-5-18-19/h1,5-6,9,20H,2-4,7-8,14H2,(H,15,16,17). The highest BCUT2D eigenvalue weighted by Gasteiger charge is 2.41. The zero-order chi connectivity index (χ0) is 14.0. The number of nitrogens with two attached hydrogens (primary N) is 1. The summed E-state index contributed by atoms with van der Waals surface area (Å²) in [6.07, 6.45) is 8.03. The monoisotopic (exact) mass is 274 g/mol. The normalized spacial score (nSPS) is 16.1. The summed E-state index contributed by atoms with van der Waals surface area (Å²) in [7, 11) is 0. The first-order valence-corrected chi connectivity index (χ1v) is 6.69. The van der Waals surface area contributed by atoms with Crippen LogP contribution in [0.1, 0.15) is 19.3 Å². The van der Waals surface area contributed by atoms with Crippen molar-refractivity contribution >= 4 is 11.5 Å². The number of aromatic nitrogens is 4. The van der Waals surface area contributed by atoms with Gasteiger partial charge in [-0.3, -0.25) is 0 Å². The molecule has 1 fully saturated rings. The topological polar surface area (TPSA) is 102 Å². The highest BCUT2D eigenvalue weighted by Crippen LogP contribution is 2.48. The maximum Gasteiger partial charge on any atom is 0.181 e. The highest BCUT2D eigenvalue weighted by atomic mass is 16.3. The Bertz CT molecular complexity index is 579.